The molecule has 0 heterocycles. The van der Waals surface area contributed by atoms with E-state index in [9.17, 15) is 23.2 Å². The van der Waals surface area contributed by atoms with Crippen LogP contribution in [-0.2, 0) is 14.3 Å². The van der Waals surface area contributed by atoms with Crippen molar-refractivity contribution < 1.29 is 42.1 Å². The van der Waals surface area contributed by atoms with E-state index in [4.69, 9.17) is 14.2 Å². The first-order chi connectivity index (χ1) is 15.2. The van der Waals surface area contributed by atoms with Crippen LogP contribution in [0, 0.1) is 0 Å². The van der Waals surface area contributed by atoms with E-state index < -0.39 is 31.0 Å². The first kappa shape index (κ1) is 24.4. The van der Waals surface area contributed by atoms with Crippen LogP contribution in [0.1, 0.15) is 10.4 Å². The SMILES string of the molecule is COc1cccc(NC(=O)CN(C)C(=O)COC(=O)c2ccc(OC(F)F)c(OC)c2)c1. The number of nitrogens with zero attached hydrogens (tertiary/aromatic N) is 1. The van der Waals surface area contributed by atoms with Crippen molar-refractivity contribution >= 4 is 23.5 Å². The van der Waals surface area contributed by atoms with E-state index >= 15 is 0 Å². The molecule has 0 unspecified atom stereocenters. The molecule has 0 aliphatic heterocycles. The smallest absolute Gasteiger partial charge is 0.387 e. The number of methoxy groups -OCH3 is 2. The van der Waals surface area contributed by atoms with Crippen LogP contribution in [0.5, 0.6) is 17.2 Å². The molecule has 0 aliphatic carbocycles. The maximum absolute atomic E-state index is 12.4. The van der Waals surface area contributed by atoms with Crippen LogP contribution in [0.2, 0.25) is 0 Å². The maximum atomic E-state index is 12.4. The Morgan fingerprint density at radius 2 is 1.78 bits per heavy atom. The van der Waals surface area contributed by atoms with Gasteiger partial charge in [-0.25, -0.2) is 4.79 Å². The molecule has 0 spiro atoms. The van der Waals surface area contributed by atoms with Gasteiger partial charge in [0.05, 0.1) is 26.3 Å². The van der Waals surface area contributed by atoms with Crippen LogP contribution >= 0.6 is 0 Å². The number of nitrogens with one attached hydrogen (secondary N) is 1. The fourth-order valence-corrected chi connectivity index (χ4v) is 2.51. The minimum atomic E-state index is -3.06. The van der Waals surface area contributed by atoms with Gasteiger partial charge >= 0.3 is 12.6 Å². The first-order valence-electron chi connectivity index (χ1n) is 9.21. The number of benzene rings is 2. The van der Waals surface area contributed by atoms with E-state index in [1.807, 2.05) is 0 Å². The molecule has 0 atom stereocenters. The van der Waals surface area contributed by atoms with Crippen LogP contribution in [0.15, 0.2) is 42.5 Å². The average Bonchev–Trinajstić information content (AvgIpc) is 2.76. The summed E-state index contributed by atoms with van der Waals surface area (Å²) in [5, 5.41) is 2.62. The van der Waals surface area contributed by atoms with Crippen LogP contribution in [0.4, 0.5) is 14.5 Å². The lowest BCUT2D eigenvalue weighted by atomic mass is 10.2. The van der Waals surface area contributed by atoms with Crippen molar-refractivity contribution in [3.05, 3.63) is 48.0 Å². The third-order valence-electron chi connectivity index (χ3n) is 4.10. The van der Waals surface area contributed by atoms with Crippen molar-refractivity contribution in [3.63, 3.8) is 0 Å². The van der Waals surface area contributed by atoms with Gasteiger partial charge in [0.25, 0.3) is 5.91 Å². The number of rotatable bonds is 10. The minimum absolute atomic E-state index is 0.0327. The van der Waals surface area contributed by atoms with E-state index in [0.717, 1.165) is 17.0 Å². The lowest BCUT2D eigenvalue weighted by Gasteiger charge is -2.17. The molecule has 32 heavy (non-hydrogen) atoms. The van der Waals surface area contributed by atoms with Gasteiger partial charge in [-0.3, -0.25) is 9.59 Å². The van der Waals surface area contributed by atoms with Gasteiger partial charge in [-0.15, -0.1) is 0 Å². The van der Waals surface area contributed by atoms with Crippen molar-refractivity contribution in [2.75, 3.05) is 39.7 Å². The molecule has 0 saturated heterocycles. The zero-order valence-electron chi connectivity index (χ0n) is 17.6. The third kappa shape index (κ3) is 7.11. The molecule has 172 valence electrons. The molecule has 0 radical (unpaired) electrons. The summed E-state index contributed by atoms with van der Waals surface area (Å²) < 4.78 is 44.0. The van der Waals surface area contributed by atoms with Gasteiger partial charge in [0.15, 0.2) is 18.1 Å². The molecule has 2 aromatic rings. The van der Waals surface area contributed by atoms with E-state index in [1.54, 1.807) is 24.3 Å². The molecule has 1 N–H and O–H groups in total. The summed E-state index contributed by atoms with van der Waals surface area (Å²) in [6.07, 6.45) is 0. The van der Waals surface area contributed by atoms with Crippen LogP contribution in [0.25, 0.3) is 0 Å². The summed E-state index contributed by atoms with van der Waals surface area (Å²) in [6, 6.07) is 10.2. The predicted molar refractivity (Wildman–Crippen MR) is 109 cm³/mol. The number of hydrogen-bond donors (Lipinski definition) is 1. The monoisotopic (exact) mass is 452 g/mol. The molecular weight excluding hydrogens is 430 g/mol. The molecule has 9 nitrogen and oxygen atoms in total. The molecular formula is C21H22F2N2O7. The van der Waals surface area contributed by atoms with Crippen LogP contribution < -0.4 is 19.5 Å². The van der Waals surface area contributed by atoms with Gasteiger partial charge in [-0.05, 0) is 30.3 Å². The number of carbonyl (C=O) groups excluding carboxylic acids is 3. The third-order valence-corrected chi connectivity index (χ3v) is 4.10. The number of halogens is 2. The quantitative estimate of drug-likeness (QED) is 0.553. The standard InChI is InChI=1S/C21H22F2N2O7/c1-25(11-18(26)24-14-5-4-6-15(10-14)29-2)19(27)12-31-20(28)13-7-8-16(32-21(22)23)17(9-13)30-3/h4-10,21H,11-12H2,1-3H3,(H,24,26). The highest BCUT2D eigenvalue weighted by atomic mass is 19.3. The molecule has 0 bridgehead atoms. The van der Waals surface area contributed by atoms with Crippen molar-refractivity contribution in [2.24, 2.45) is 0 Å². The average molecular weight is 452 g/mol. The summed E-state index contributed by atoms with van der Waals surface area (Å²) in [4.78, 5) is 37.6. The van der Waals surface area contributed by atoms with Gasteiger partial charge in [0.1, 0.15) is 5.75 Å². The van der Waals surface area contributed by atoms with Crippen LogP contribution in [0.3, 0.4) is 0 Å². The van der Waals surface area contributed by atoms with Crippen molar-refractivity contribution in [3.8, 4) is 17.2 Å². The fourth-order valence-electron chi connectivity index (χ4n) is 2.51. The van der Waals surface area contributed by atoms with Crippen LogP contribution in [-0.4, -0.2) is 63.7 Å². The Morgan fingerprint density at radius 1 is 1.03 bits per heavy atom. The summed E-state index contributed by atoms with van der Waals surface area (Å²) in [6.45, 7) is -3.96. The molecule has 0 fully saturated rings. The Kier molecular flexibility index (Phi) is 8.75. The normalized spacial score (nSPS) is 10.3. The molecule has 11 heteroatoms. The van der Waals surface area contributed by atoms with Gasteiger partial charge in [-0.1, -0.05) is 6.07 Å². The largest absolute Gasteiger partial charge is 0.497 e. The summed E-state index contributed by atoms with van der Waals surface area (Å²) in [5.41, 5.74) is 0.463. The van der Waals surface area contributed by atoms with E-state index in [1.165, 1.54) is 27.3 Å². The summed E-state index contributed by atoms with van der Waals surface area (Å²) >= 11 is 0. The van der Waals surface area contributed by atoms with E-state index in [0.29, 0.717) is 11.4 Å². The Hall–Kier alpha value is -3.89. The Balaban J connectivity index is 1.88. The number of alkyl halides is 2. The second kappa shape index (κ2) is 11.5. The highest BCUT2D eigenvalue weighted by Crippen LogP contribution is 2.29. The van der Waals surface area contributed by atoms with Crippen molar-refractivity contribution in [2.45, 2.75) is 6.61 Å². The Morgan fingerprint density at radius 3 is 2.44 bits per heavy atom. The second-order valence-corrected chi connectivity index (χ2v) is 6.35. The predicted octanol–water partition coefficient (Wildman–Crippen LogP) is 2.56. The maximum Gasteiger partial charge on any atom is 0.387 e. The van der Waals surface area contributed by atoms with Gasteiger partial charge in [0.2, 0.25) is 5.91 Å². The number of anilines is 1. The lowest BCUT2D eigenvalue weighted by molar-refractivity contribution is -0.136. The highest BCUT2D eigenvalue weighted by molar-refractivity contribution is 5.95. The number of hydrogen-bond acceptors (Lipinski definition) is 7. The number of esters is 1. The van der Waals surface area contributed by atoms with Gasteiger partial charge in [0, 0.05) is 18.8 Å². The van der Waals surface area contributed by atoms with E-state index in [-0.39, 0.29) is 23.6 Å². The number of likely N-dealkylation sites (N-methyl/N-ethyl adjacent to an activating group) is 1. The molecule has 2 rings (SSSR count). The van der Waals surface area contributed by atoms with Crippen molar-refractivity contribution in [1.29, 1.82) is 0 Å². The summed E-state index contributed by atoms with van der Waals surface area (Å²) in [5.74, 6) is -1.75. The molecule has 2 amide bonds. The molecule has 0 aromatic heterocycles. The Bertz CT molecular complexity index is 969. The first-order valence-corrected chi connectivity index (χ1v) is 9.21. The molecule has 0 aliphatic rings. The fraction of sp³-hybridized carbons (Fsp3) is 0.286. The zero-order valence-corrected chi connectivity index (χ0v) is 17.6. The number of amides is 2. The molecule has 2 aromatic carbocycles. The zero-order chi connectivity index (χ0) is 23.7. The van der Waals surface area contributed by atoms with Gasteiger partial charge < -0.3 is 29.2 Å². The minimum Gasteiger partial charge on any atom is -0.497 e. The second-order valence-electron chi connectivity index (χ2n) is 6.35. The number of carbonyl (C=O) groups is 3. The van der Waals surface area contributed by atoms with Gasteiger partial charge in [-0.2, -0.15) is 8.78 Å². The molecule has 0 saturated carbocycles. The highest BCUT2D eigenvalue weighted by Gasteiger charge is 2.18. The topological polar surface area (TPSA) is 103 Å². The van der Waals surface area contributed by atoms with Crippen molar-refractivity contribution in [1.82, 2.24) is 4.90 Å². The van der Waals surface area contributed by atoms with E-state index in [2.05, 4.69) is 10.1 Å². The lowest BCUT2D eigenvalue weighted by Crippen LogP contribution is -2.37. The summed E-state index contributed by atoms with van der Waals surface area (Å²) in [7, 11) is 4.09. The number of ether oxygens (including phenoxy) is 4. The Labute approximate surface area is 182 Å².